The van der Waals surface area contributed by atoms with E-state index in [2.05, 4.69) is 36.4 Å². The smallest absolute Gasteiger partial charge is 0.225 e. The van der Waals surface area contributed by atoms with E-state index in [1.807, 2.05) is 47.4 Å². The lowest BCUT2D eigenvalue weighted by Crippen LogP contribution is -2.43. The minimum Gasteiger partial charge on any atom is -0.497 e. The van der Waals surface area contributed by atoms with Gasteiger partial charge in [-0.15, -0.1) is 0 Å². The molecule has 2 aliphatic rings. The van der Waals surface area contributed by atoms with Gasteiger partial charge in [0.05, 0.1) is 18.8 Å². The summed E-state index contributed by atoms with van der Waals surface area (Å²) < 4.78 is 5.36. The van der Waals surface area contributed by atoms with Crippen molar-refractivity contribution in [2.24, 2.45) is 4.99 Å². The monoisotopic (exact) mass is 408 g/mol. The maximum atomic E-state index is 13.0. The topological polar surface area (TPSA) is 41.9 Å². The summed E-state index contributed by atoms with van der Waals surface area (Å²) in [5.41, 5.74) is 6.66. The van der Waals surface area contributed by atoms with Gasteiger partial charge in [-0.1, -0.05) is 66.7 Å². The molecule has 3 aromatic carbocycles. The number of amidine groups is 1. The molecule has 0 spiro atoms. The second-order valence-corrected chi connectivity index (χ2v) is 7.90. The first-order chi connectivity index (χ1) is 15.2. The van der Waals surface area contributed by atoms with E-state index >= 15 is 0 Å². The van der Waals surface area contributed by atoms with Crippen molar-refractivity contribution in [1.82, 2.24) is 4.90 Å². The number of ether oxygens (including phenoxy) is 1. The zero-order chi connectivity index (χ0) is 21.4. The van der Waals surface area contributed by atoms with E-state index in [1.165, 1.54) is 16.7 Å². The van der Waals surface area contributed by atoms with Crippen LogP contribution < -0.4 is 4.74 Å². The van der Waals surface area contributed by atoms with Crippen molar-refractivity contribution in [2.45, 2.75) is 25.8 Å². The average Bonchev–Trinajstić information content (AvgIpc) is 2.83. The SMILES string of the molecule is COc1ccc(C2C3=C(N=C(c4ccccc4)N2C(C)=O)c2ccccc2CC3)cc1. The van der Waals surface area contributed by atoms with E-state index in [0.29, 0.717) is 5.84 Å². The maximum Gasteiger partial charge on any atom is 0.225 e. The minimum atomic E-state index is -0.195. The molecule has 1 atom stereocenters. The number of benzene rings is 3. The molecule has 0 saturated carbocycles. The van der Waals surface area contributed by atoms with Gasteiger partial charge in [0, 0.05) is 18.1 Å². The second kappa shape index (κ2) is 7.88. The fourth-order valence-electron chi connectivity index (χ4n) is 4.62. The second-order valence-electron chi connectivity index (χ2n) is 7.90. The van der Waals surface area contributed by atoms with Gasteiger partial charge in [0.15, 0.2) is 0 Å². The number of aliphatic imine (C=N–C) groups is 1. The van der Waals surface area contributed by atoms with Crippen molar-refractivity contribution in [3.8, 4) is 5.75 Å². The van der Waals surface area contributed by atoms with Crippen LogP contribution in [-0.4, -0.2) is 23.8 Å². The number of aryl methyl sites for hydroxylation is 1. The molecule has 154 valence electrons. The van der Waals surface area contributed by atoms with Gasteiger partial charge in [-0.25, -0.2) is 4.99 Å². The maximum absolute atomic E-state index is 13.0. The van der Waals surface area contributed by atoms with Crippen LogP contribution in [-0.2, 0) is 11.2 Å². The Morgan fingerprint density at radius 3 is 2.35 bits per heavy atom. The van der Waals surface area contributed by atoms with Gasteiger partial charge in [-0.3, -0.25) is 9.69 Å². The number of nitrogens with zero attached hydrogens (tertiary/aromatic N) is 2. The highest BCUT2D eigenvalue weighted by Crippen LogP contribution is 2.45. The van der Waals surface area contributed by atoms with Gasteiger partial charge in [-0.2, -0.15) is 0 Å². The van der Waals surface area contributed by atoms with Crippen LogP contribution in [0.3, 0.4) is 0 Å². The van der Waals surface area contributed by atoms with E-state index in [0.717, 1.165) is 35.4 Å². The molecule has 5 rings (SSSR count). The van der Waals surface area contributed by atoms with E-state index in [-0.39, 0.29) is 11.9 Å². The van der Waals surface area contributed by atoms with Crippen molar-refractivity contribution >= 4 is 17.4 Å². The fraction of sp³-hybridized carbons (Fsp3) is 0.185. The number of carbonyl (C=O) groups is 1. The van der Waals surface area contributed by atoms with Crippen LogP contribution in [0.5, 0.6) is 5.75 Å². The number of fused-ring (bicyclic) bond motifs is 2. The molecule has 0 bridgehead atoms. The molecule has 31 heavy (non-hydrogen) atoms. The van der Waals surface area contributed by atoms with Crippen LogP contribution in [0, 0.1) is 0 Å². The summed E-state index contributed by atoms with van der Waals surface area (Å²) in [4.78, 5) is 20.0. The normalized spacial score (nSPS) is 17.5. The molecule has 3 aromatic rings. The van der Waals surface area contributed by atoms with Gasteiger partial charge in [0.1, 0.15) is 11.6 Å². The van der Waals surface area contributed by atoms with Gasteiger partial charge in [0.25, 0.3) is 0 Å². The van der Waals surface area contributed by atoms with Gasteiger partial charge in [-0.05, 0) is 41.7 Å². The minimum absolute atomic E-state index is 0.0196. The third-order valence-corrected chi connectivity index (χ3v) is 6.08. The lowest BCUT2D eigenvalue weighted by molar-refractivity contribution is -0.126. The number of amides is 1. The van der Waals surface area contributed by atoms with Gasteiger partial charge < -0.3 is 4.74 Å². The largest absolute Gasteiger partial charge is 0.497 e. The first-order valence-electron chi connectivity index (χ1n) is 10.6. The number of hydrogen-bond donors (Lipinski definition) is 0. The highest BCUT2D eigenvalue weighted by molar-refractivity contribution is 6.11. The molecule has 4 nitrogen and oxygen atoms in total. The summed E-state index contributed by atoms with van der Waals surface area (Å²) in [5.74, 6) is 1.48. The van der Waals surface area contributed by atoms with Crippen molar-refractivity contribution in [3.05, 3.63) is 107 Å². The van der Waals surface area contributed by atoms with Gasteiger partial charge >= 0.3 is 0 Å². The van der Waals surface area contributed by atoms with E-state index in [4.69, 9.17) is 9.73 Å². The molecule has 0 fully saturated rings. The molecule has 0 saturated heterocycles. The Kier molecular flexibility index (Phi) is 4.91. The molecule has 1 aliphatic carbocycles. The predicted molar refractivity (Wildman–Crippen MR) is 123 cm³/mol. The Bertz CT molecular complexity index is 1190. The Morgan fingerprint density at radius 2 is 1.65 bits per heavy atom. The van der Waals surface area contributed by atoms with E-state index in [1.54, 1.807) is 14.0 Å². The summed E-state index contributed by atoms with van der Waals surface area (Å²) >= 11 is 0. The van der Waals surface area contributed by atoms with Crippen molar-refractivity contribution < 1.29 is 9.53 Å². The lowest BCUT2D eigenvalue weighted by Gasteiger charge is -2.40. The zero-order valence-electron chi connectivity index (χ0n) is 17.7. The van der Waals surface area contributed by atoms with Crippen molar-refractivity contribution in [3.63, 3.8) is 0 Å². The summed E-state index contributed by atoms with van der Waals surface area (Å²) in [7, 11) is 1.66. The number of rotatable bonds is 3. The Balaban J connectivity index is 1.76. The zero-order valence-corrected chi connectivity index (χ0v) is 17.7. The molecule has 0 N–H and O–H groups in total. The third-order valence-electron chi connectivity index (χ3n) is 6.08. The molecule has 0 radical (unpaired) electrons. The summed E-state index contributed by atoms with van der Waals surface area (Å²) in [6.07, 6.45) is 1.82. The highest BCUT2D eigenvalue weighted by atomic mass is 16.5. The highest BCUT2D eigenvalue weighted by Gasteiger charge is 2.38. The van der Waals surface area contributed by atoms with E-state index in [9.17, 15) is 4.79 Å². The Labute approximate surface area is 182 Å². The summed E-state index contributed by atoms with van der Waals surface area (Å²) in [6.45, 7) is 1.62. The molecule has 1 unspecified atom stereocenters. The van der Waals surface area contributed by atoms with Crippen LogP contribution in [0.1, 0.15) is 41.6 Å². The fourth-order valence-corrected chi connectivity index (χ4v) is 4.62. The predicted octanol–water partition coefficient (Wildman–Crippen LogP) is 5.40. The van der Waals surface area contributed by atoms with Crippen molar-refractivity contribution in [2.75, 3.05) is 7.11 Å². The average molecular weight is 409 g/mol. The summed E-state index contributed by atoms with van der Waals surface area (Å²) in [6, 6.07) is 26.3. The quantitative estimate of drug-likeness (QED) is 0.582. The molecular formula is C27H24N2O2. The number of methoxy groups -OCH3 is 1. The molecule has 0 aromatic heterocycles. The van der Waals surface area contributed by atoms with Gasteiger partial charge in [0.2, 0.25) is 5.91 Å². The van der Waals surface area contributed by atoms with Crippen LogP contribution >= 0.6 is 0 Å². The molecule has 1 amide bonds. The van der Waals surface area contributed by atoms with Crippen LogP contribution in [0.15, 0.2) is 89.4 Å². The first kappa shape index (κ1) is 19.3. The number of carbonyl (C=O) groups excluding carboxylic acids is 1. The molecule has 4 heteroatoms. The van der Waals surface area contributed by atoms with Crippen LogP contribution in [0.2, 0.25) is 0 Å². The van der Waals surface area contributed by atoms with Crippen LogP contribution in [0.4, 0.5) is 0 Å². The van der Waals surface area contributed by atoms with Crippen molar-refractivity contribution in [1.29, 1.82) is 0 Å². The number of hydrogen-bond acceptors (Lipinski definition) is 3. The first-order valence-corrected chi connectivity index (χ1v) is 10.6. The standard InChI is InChI=1S/C27H24N2O2/c1-18(30)29-26(20-12-15-22(31-2)16-13-20)24-17-14-19-8-6-7-11-23(19)25(24)28-27(29)21-9-4-3-5-10-21/h3-13,15-16,26H,14,17H2,1-2H3. The van der Waals surface area contributed by atoms with E-state index < -0.39 is 0 Å². The lowest BCUT2D eigenvalue weighted by atomic mass is 9.82. The molecular weight excluding hydrogens is 384 g/mol. The third kappa shape index (κ3) is 3.34. The van der Waals surface area contributed by atoms with Crippen LogP contribution in [0.25, 0.3) is 5.70 Å². The molecule has 1 aliphatic heterocycles. The Hall–Kier alpha value is -3.66. The molecule has 1 heterocycles. The Morgan fingerprint density at radius 1 is 0.935 bits per heavy atom. The summed E-state index contributed by atoms with van der Waals surface area (Å²) in [5, 5.41) is 0.